The number of oxazole rings is 1. The largest absolute Gasteiger partial charge is 0.438 e. The van der Waals surface area contributed by atoms with Crippen molar-refractivity contribution in [3.8, 4) is 0 Å². The van der Waals surface area contributed by atoms with E-state index in [9.17, 15) is 19.2 Å². The molecule has 0 radical (unpaired) electrons. The summed E-state index contributed by atoms with van der Waals surface area (Å²) in [6.45, 7) is 5.95. The molecule has 5 heterocycles. The number of fused-ring (bicyclic) bond motifs is 3. The summed E-state index contributed by atoms with van der Waals surface area (Å²) in [5.41, 5.74) is 3.33. The molecule has 3 saturated heterocycles. The minimum atomic E-state index is -1.05. The molecule has 1 spiro atoms. The molecule has 4 aliphatic heterocycles. The number of aromatic nitrogens is 1. The fourth-order valence-electron chi connectivity index (χ4n) is 7.72. The number of carbonyl (C=O) groups is 3. The third kappa shape index (κ3) is 5.97. The lowest BCUT2D eigenvalue weighted by Gasteiger charge is -2.44. The van der Waals surface area contributed by atoms with E-state index in [2.05, 4.69) is 15.2 Å². The van der Waals surface area contributed by atoms with Gasteiger partial charge in [-0.25, -0.2) is 14.4 Å². The Balaban J connectivity index is 1.06. The number of piperidine rings is 3. The van der Waals surface area contributed by atoms with Crippen molar-refractivity contribution in [3.05, 3.63) is 63.6 Å². The van der Waals surface area contributed by atoms with Crippen molar-refractivity contribution in [1.82, 2.24) is 19.7 Å². The lowest BCUT2D eigenvalue weighted by Crippen LogP contribution is -2.53. The van der Waals surface area contributed by atoms with Crippen LogP contribution in [0.3, 0.4) is 0 Å². The number of benzene rings is 2. The van der Waals surface area contributed by atoms with Crippen LogP contribution in [0.1, 0.15) is 61.6 Å². The van der Waals surface area contributed by atoms with E-state index in [4.69, 9.17) is 13.9 Å². The smallest absolute Gasteiger partial charge is 0.417 e. The van der Waals surface area contributed by atoms with E-state index in [0.717, 1.165) is 48.3 Å². The Hall–Kier alpha value is -4.32. The molecule has 4 aliphatic rings. The average molecular weight is 632 g/mol. The molecule has 46 heavy (non-hydrogen) atoms. The van der Waals surface area contributed by atoms with E-state index in [1.54, 1.807) is 11.0 Å². The number of para-hydroxylation sites is 1. The van der Waals surface area contributed by atoms with Gasteiger partial charge >= 0.3 is 17.9 Å². The third-order valence-electron chi connectivity index (χ3n) is 10.2. The molecule has 0 saturated carbocycles. The van der Waals surface area contributed by atoms with E-state index in [1.165, 1.54) is 19.3 Å². The first-order chi connectivity index (χ1) is 22.3. The molecule has 12 heteroatoms. The van der Waals surface area contributed by atoms with Gasteiger partial charge in [0.2, 0.25) is 0 Å². The van der Waals surface area contributed by atoms with Crippen LogP contribution in [0.4, 0.5) is 15.3 Å². The number of ether oxygens (including phenoxy) is 2. The van der Waals surface area contributed by atoms with Gasteiger partial charge in [-0.3, -0.25) is 15.1 Å². The first kappa shape index (κ1) is 30.3. The van der Waals surface area contributed by atoms with Crippen LogP contribution in [0.5, 0.6) is 0 Å². The number of hydrogen-bond acceptors (Lipinski definition) is 8. The summed E-state index contributed by atoms with van der Waals surface area (Å²) in [7, 11) is 0. The highest BCUT2D eigenvalue weighted by atomic mass is 16.6. The minimum Gasteiger partial charge on any atom is -0.438 e. The fraction of sp³-hybridized carbons (Fsp3) is 0.529. The van der Waals surface area contributed by atoms with Crippen molar-refractivity contribution in [2.24, 2.45) is 0 Å². The molecule has 2 aromatic carbocycles. The van der Waals surface area contributed by atoms with Crippen LogP contribution < -0.4 is 11.1 Å². The number of rotatable bonds is 5. The topological polar surface area (TPSA) is 137 Å². The van der Waals surface area contributed by atoms with E-state index >= 15 is 0 Å². The summed E-state index contributed by atoms with van der Waals surface area (Å²) in [6.07, 6.45) is 4.39. The number of aromatic amines is 1. The average Bonchev–Trinajstić information content (AvgIpc) is 3.45. The number of amides is 3. The fourth-order valence-corrected chi connectivity index (χ4v) is 7.72. The van der Waals surface area contributed by atoms with Gasteiger partial charge in [-0.2, -0.15) is 0 Å². The minimum absolute atomic E-state index is 0.150. The Bertz CT molecular complexity index is 1680. The van der Waals surface area contributed by atoms with Gasteiger partial charge in [0.15, 0.2) is 11.7 Å². The van der Waals surface area contributed by atoms with Crippen LogP contribution in [0.25, 0.3) is 11.1 Å². The van der Waals surface area contributed by atoms with Gasteiger partial charge in [-0.15, -0.1) is 0 Å². The molecule has 244 valence electrons. The Kier molecular flexibility index (Phi) is 8.22. The van der Waals surface area contributed by atoms with Crippen LogP contribution in [-0.2, 0) is 26.3 Å². The maximum Gasteiger partial charge on any atom is 0.417 e. The zero-order chi connectivity index (χ0) is 31.8. The van der Waals surface area contributed by atoms with Gasteiger partial charge < -0.3 is 28.6 Å². The van der Waals surface area contributed by atoms with Crippen LogP contribution >= 0.6 is 0 Å². The van der Waals surface area contributed by atoms with Crippen molar-refractivity contribution in [2.45, 2.75) is 76.0 Å². The molecule has 1 aromatic heterocycles. The van der Waals surface area contributed by atoms with Crippen LogP contribution in [0.2, 0.25) is 0 Å². The number of anilines is 1. The molecule has 0 bridgehead atoms. The van der Waals surface area contributed by atoms with Crippen molar-refractivity contribution in [3.63, 3.8) is 0 Å². The Morgan fingerprint density at radius 2 is 1.72 bits per heavy atom. The SMILES string of the molecule is Cc1cc(CC(OC(=O)N2CCC3(CC2)OC(=O)Nc2ccccc23)C(=O)N2CCC(N3CCCCC3)CC2)cc2oc(=O)[nH]c12. The number of nitrogens with zero attached hydrogens (tertiary/aromatic N) is 3. The lowest BCUT2D eigenvalue weighted by molar-refractivity contribution is -0.142. The second-order valence-electron chi connectivity index (χ2n) is 13.1. The van der Waals surface area contributed by atoms with E-state index < -0.39 is 29.6 Å². The number of aryl methyl sites for hydroxylation is 1. The zero-order valence-corrected chi connectivity index (χ0v) is 26.2. The van der Waals surface area contributed by atoms with Crippen molar-refractivity contribution in [1.29, 1.82) is 0 Å². The summed E-state index contributed by atoms with van der Waals surface area (Å²) in [4.78, 5) is 60.6. The van der Waals surface area contributed by atoms with Gasteiger partial charge in [0.05, 0.1) is 11.2 Å². The van der Waals surface area contributed by atoms with Crippen molar-refractivity contribution < 1.29 is 28.3 Å². The first-order valence-electron chi connectivity index (χ1n) is 16.5. The molecule has 3 amide bonds. The second kappa shape index (κ2) is 12.5. The van der Waals surface area contributed by atoms with Gasteiger partial charge in [0.25, 0.3) is 5.91 Å². The molecule has 12 nitrogen and oxygen atoms in total. The van der Waals surface area contributed by atoms with Crippen LogP contribution in [-0.4, -0.2) is 89.2 Å². The summed E-state index contributed by atoms with van der Waals surface area (Å²) >= 11 is 0. The summed E-state index contributed by atoms with van der Waals surface area (Å²) in [6, 6.07) is 11.6. The number of hydrogen-bond donors (Lipinski definition) is 2. The Morgan fingerprint density at radius 3 is 2.48 bits per heavy atom. The molecular formula is C34H41N5O7. The molecule has 1 unspecified atom stereocenters. The number of carbonyl (C=O) groups excluding carboxylic acids is 3. The summed E-state index contributed by atoms with van der Waals surface area (Å²) in [5, 5.41) is 2.76. The zero-order valence-electron chi connectivity index (χ0n) is 26.2. The first-order valence-corrected chi connectivity index (χ1v) is 16.5. The van der Waals surface area contributed by atoms with E-state index in [0.29, 0.717) is 56.2 Å². The highest BCUT2D eigenvalue weighted by Crippen LogP contribution is 2.43. The quantitative estimate of drug-likeness (QED) is 0.420. The molecular weight excluding hydrogens is 590 g/mol. The monoisotopic (exact) mass is 631 g/mol. The Morgan fingerprint density at radius 1 is 0.978 bits per heavy atom. The number of H-pyrrole nitrogens is 1. The van der Waals surface area contributed by atoms with E-state index in [-0.39, 0.29) is 12.3 Å². The summed E-state index contributed by atoms with van der Waals surface area (Å²) in [5.74, 6) is -0.760. The molecule has 1 atom stereocenters. The number of likely N-dealkylation sites (tertiary alicyclic amines) is 3. The van der Waals surface area contributed by atoms with Crippen LogP contribution in [0, 0.1) is 6.92 Å². The van der Waals surface area contributed by atoms with Gasteiger partial charge in [-0.1, -0.05) is 30.7 Å². The van der Waals surface area contributed by atoms with E-state index in [1.807, 2.05) is 42.2 Å². The lowest BCUT2D eigenvalue weighted by atomic mass is 9.82. The predicted molar refractivity (Wildman–Crippen MR) is 170 cm³/mol. The van der Waals surface area contributed by atoms with Gasteiger partial charge in [0, 0.05) is 57.0 Å². The van der Waals surface area contributed by atoms with Gasteiger partial charge in [-0.05, 0) is 69.0 Å². The predicted octanol–water partition coefficient (Wildman–Crippen LogP) is 4.51. The molecule has 3 fully saturated rings. The molecule has 3 aromatic rings. The highest BCUT2D eigenvalue weighted by molar-refractivity contribution is 5.89. The Labute approximate surface area is 267 Å². The maximum atomic E-state index is 14.0. The third-order valence-corrected chi connectivity index (χ3v) is 10.2. The standard InChI is InChI=1S/C34H41N5O7/c1-22-19-23(20-27-29(22)36-31(41)44-27)21-28(30(40)38-15-9-24(10-16-38)37-13-5-2-6-14-37)45-33(43)39-17-11-34(12-18-39)25-7-3-4-8-26(25)35-32(42)46-34/h3-4,7-8,19-20,24,28H,2,5-6,9-18,21H2,1H3,(H,35,42)(H,36,41). The normalized spacial score (nSPS) is 21.0. The maximum absolute atomic E-state index is 14.0. The highest BCUT2D eigenvalue weighted by Gasteiger charge is 2.46. The second-order valence-corrected chi connectivity index (χ2v) is 13.1. The van der Waals surface area contributed by atoms with Crippen LogP contribution in [0.15, 0.2) is 45.6 Å². The van der Waals surface area contributed by atoms with Gasteiger partial charge in [0.1, 0.15) is 5.60 Å². The summed E-state index contributed by atoms with van der Waals surface area (Å²) < 4.78 is 17.2. The van der Waals surface area contributed by atoms with Crippen molar-refractivity contribution >= 4 is 34.9 Å². The molecule has 7 rings (SSSR count). The van der Waals surface area contributed by atoms with Crippen molar-refractivity contribution in [2.75, 3.05) is 44.6 Å². The molecule has 2 N–H and O–H groups in total. The number of nitrogens with one attached hydrogen (secondary N) is 2. The molecule has 0 aliphatic carbocycles.